The van der Waals surface area contributed by atoms with E-state index in [1.165, 1.54) is 103 Å². The normalized spacial score (nSPS) is 11.8. The van der Waals surface area contributed by atoms with E-state index < -0.39 is 7.60 Å². The van der Waals surface area contributed by atoms with Crippen LogP contribution >= 0.6 is 7.60 Å². The molecule has 0 aromatic heterocycles. The number of hydrogen-bond donors (Lipinski definition) is 0. The lowest BCUT2D eigenvalue weighted by molar-refractivity contribution is 0.275. The van der Waals surface area contributed by atoms with Gasteiger partial charge in [0, 0.05) is 14.2 Å². The highest BCUT2D eigenvalue weighted by Gasteiger charge is 2.21. The first-order valence-corrected chi connectivity index (χ1v) is 13.1. The van der Waals surface area contributed by atoms with E-state index in [0.29, 0.717) is 6.16 Å². The topological polar surface area (TPSA) is 35.5 Å². The molecule has 0 bridgehead atoms. The second-order valence-electron chi connectivity index (χ2n) is 7.94. The van der Waals surface area contributed by atoms with Crippen molar-refractivity contribution >= 4 is 7.60 Å². The Kier molecular flexibility index (Phi) is 14.7. The van der Waals surface area contributed by atoms with Gasteiger partial charge in [0.2, 0.25) is 0 Å². The molecule has 162 valence electrons. The summed E-state index contributed by atoms with van der Waals surface area (Å²) in [4.78, 5) is 0. The molecule has 28 heavy (non-hydrogen) atoms. The maximum atomic E-state index is 12.2. The molecule has 0 spiro atoms. The zero-order valence-corrected chi connectivity index (χ0v) is 19.5. The first-order valence-electron chi connectivity index (χ1n) is 11.4. The number of aryl methyl sites for hydroxylation is 1. The summed E-state index contributed by atoms with van der Waals surface area (Å²) < 4.78 is 22.2. The van der Waals surface area contributed by atoms with Gasteiger partial charge in [-0.2, -0.15) is 0 Å². The molecule has 0 atom stereocenters. The van der Waals surface area contributed by atoms with E-state index in [9.17, 15) is 4.57 Å². The summed E-state index contributed by atoms with van der Waals surface area (Å²) in [6.07, 6.45) is 19.5. The number of hydrogen-bond acceptors (Lipinski definition) is 3. The molecule has 0 aliphatic heterocycles. The molecule has 0 saturated carbocycles. The van der Waals surface area contributed by atoms with Gasteiger partial charge < -0.3 is 9.05 Å². The Labute approximate surface area is 174 Å². The van der Waals surface area contributed by atoms with Gasteiger partial charge in [0.25, 0.3) is 0 Å². The lowest BCUT2D eigenvalue weighted by Gasteiger charge is -2.13. The lowest BCUT2D eigenvalue weighted by atomic mass is 10.0. The maximum Gasteiger partial charge on any atom is 0.334 e. The Morgan fingerprint density at radius 1 is 0.643 bits per heavy atom. The number of rotatable bonds is 18. The van der Waals surface area contributed by atoms with Crippen molar-refractivity contribution in [2.45, 2.75) is 103 Å². The highest BCUT2D eigenvalue weighted by Crippen LogP contribution is 2.49. The Bertz CT molecular complexity index is 519. The summed E-state index contributed by atoms with van der Waals surface area (Å²) >= 11 is 0. The van der Waals surface area contributed by atoms with Gasteiger partial charge in [-0.3, -0.25) is 4.57 Å². The molecule has 0 N–H and O–H groups in total. The van der Waals surface area contributed by atoms with Gasteiger partial charge in [0.1, 0.15) is 0 Å². The van der Waals surface area contributed by atoms with Crippen LogP contribution in [0.4, 0.5) is 0 Å². The van der Waals surface area contributed by atoms with Crippen molar-refractivity contribution in [3.8, 4) is 0 Å². The van der Waals surface area contributed by atoms with Crippen molar-refractivity contribution in [2.75, 3.05) is 14.2 Å². The van der Waals surface area contributed by atoms with Crippen molar-refractivity contribution in [3.05, 3.63) is 35.4 Å². The number of unbranched alkanes of at least 4 members (excludes halogenated alkanes) is 12. The average molecular weight is 411 g/mol. The van der Waals surface area contributed by atoms with Crippen LogP contribution in [0.1, 0.15) is 102 Å². The Balaban J connectivity index is 2.01. The van der Waals surface area contributed by atoms with Gasteiger partial charge in [0.15, 0.2) is 0 Å². The molecule has 0 unspecified atom stereocenters. The zero-order chi connectivity index (χ0) is 20.5. The van der Waals surface area contributed by atoms with E-state index in [4.69, 9.17) is 9.05 Å². The minimum Gasteiger partial charge on any atom is -0.312 e. The maximum absolute atomic E-state index is 12.2. The van der Waals surface area contributed by atoms with Crippen LogP contribution in [-0.2, 0) is 26.2 Å². The van der Waals surface area contributed by atoms with Crippen LogP contribution in [0.25, 0.3) is 0 Å². The summed E-state index contributed by atoms with van der Waals surface area (Å²) in [6, 6.07) is 8.38. The quantitative estimate of drug-likeness (QED) is 0.180. The first kappa shape index (κ1) is 25.4. The summed E-state index contributed by atoms with van der Waals surface area (Å²) in [5, 5.41) is 0. The largest absolute Gasteiger partial charge is 0.334 e. The Morgan fingerprint density at radius 2 is 1.04 bits per heavy atom. The molecule has 3 nitrogen and oxygen atoms in total. The molecular weight excluding hydrogens is 367 g/mol. The van der Waals surface area contributed by atoms with Gasteiger partial charge in [0.05, 0.1) is 6.16 Å². The van der Waals surface area contributed by atoms with Crippen molar-refractivity contribution in [1.29, 1.82) is 0 Å². The summed E-state index contributed by atoms with van der Waals surface area (Å²) in [5.41, 5.74) is 2.36. The van der Waals surface area contributed by atoms with Crippen LogP contribution < -0.4 is 0 Å². The SMILES string of the molecule is CCCCCCCCCCCCCCCc1ccc(CP(=O)(OC)OC)cc1. The summed E-state index contributed by atoms with van der Waals surface area (Å²) in [5.74, 6) is 0. The monoisotopic (exact) mass is 410 g/mol. The molecule has 0 fully saturated rings. The van der Waals surface area contributed by atoms with Gasteiger partial charge in [-0.05, 0) is 24.0 Å². The third-order valence-corrected chi connectivity index (χ3v) is 7.39. The molecule has 0 aliphatic rings. The van der Waals surface area contributed by atoms with E-state index in [1.54, 1.807) is 0 Å². The molecule has 4 heteroatoms. The molecule has 1 rings (SSSR count). The lowest BCUT2D eigenvalue weighted by Crippen LogP contribution is -1.94. The van der Waals surface area contributed by atoms with Gasteiger partial charge in [-0.15, -0.1) is 0 Å². The van der Waals surface area contributed by atoms with Gasteiger partial charge in [-0.25, -0.2) is 0 Å². The minimum absolute atomic E-state index is 0.332. The fraction of sp³-hybridized carbons (Fsp3) is 0.750. The summed E-state index contributed by atoms with van der Waals surface area (Å²) in [7, 11) is -0.0937. The van der Waals surface area contributed by atoms with E-state index in [-0.39, 0.29) is 0 Å². The van der Waals surface area contributed by atoms with Crippen LogP contribution in [0.3, 0.4) is 0 Å². The Hall–Kier alpha value is -0.630. The molecule has 0 amide bonds. The summed E-state index contributed by atoms with van der Waals surface area (Å²) in [6.45, 7) is 2.28. The molecule has 1 aromatic rings. The van der Waals surface area contributed by atoms with E-state index >= 15 is 0 Å². The molecular formula is C24H43O3P. The van der Waals surface area contributed by atoms with Crippen LogP contribution in [-0.4, -0.2) is 14.2 Å². The highest BCUT2D eigenvalue weighted by atomic mass is 31.2. The molecule has 0 aliphatic carbocycles. The molecule has 0 saturated heterocycles. The molecule has 0 heterocycles. The van der Waals surface area contributed by atoms with Crippen LogP contribution in [0.5, 0.6) is 0 Å². The highest BCUT2D eigenvalue weighted by molar-refractivity contribution is 7.52. The first-order chi connectivity index (χ1) is 13.6. The third kappa shape index (κ3) is 12.0. The van der Waals surface area contributed by atoms with Crippen molar-refractivity contribution in [1.82, 2.24) is 0 Å². The number of benzene rings is 1. The second-order valence-corrected chi connectivity index (χ2v) is 10.2. The second kappa shape index (κ2) is 16.2. The van der Waals surface area contributed by atoms with Crippen LogP contribution in [0, 0.1) is 0 Å². The van der Waals surface area contributed by atoms with Crippen molar-refractivity contribution < 1.29 is 13.6 Å². The third-order valence-electron chi connectivity index (χ3n) is 5.52. The molecule has 1 aromatic carbocycles. The van der Waals surface area contributed by atoms with E-state index in [1.807, 2.05) is 12.1 Å². The fourth-order valence-corrected chi connectivity index (χ4v) is 4.65. The predicted octanol–water partition coefficient (Wildman–Crippen LogP) is 8.31. The zero-order valence-electron chi connectivity index (χ0n) is 18.6. The van der Waals surface area contributed by atoms with Crippen molar-refractivity contribution in [2.24, 2.45) is 0 Å². The van der Waals surface area contributed by atoms with Gasteiger partial charge in [-0.1, -0.05) is 108 Å². The molecule has 0 radical (unpaired) electrons. The standard InChI is InChI=1S/C24H43O3P/c1-4-5-6-7-8-9-10-11-12-13-14-15-16-17-23-18-20-24(21-19-23)22-28(25,26-2)27-3/h18-21H,4-17,22H2,1-3H3. The minimum atomic E-state index is -2.97. The van der Waals surface area contributed by atoms with Crippen LogP contribution in [0.2, 0.25) is 0 Å². The predicted molar refractivity (Wildman–Crippen MR) is 121 cm³/mol. The van der Waals surface area contributed by atoms with Crippen molar-refractivity contribution in [3.63, 3.8) is 0 Å². The average Bonchev–Trinajstić information content (AvgIpc) is 2.72. The Morgan fingerprint density at radius 3 is 1.46 bits per heavy atom. The smallest absolute Gasteiger partial charge is 0.312 e. The fourth-order valence-electron chi connectivity index (χ4n) is 3.59. The van der Waals surface area contributed by atoms with E-state index in [0.717, 1.165) is 12.0 Å². The van der Waals surface area contributed by atoms with Gasteiger partial charge >= 0.3 is 7.60 Å². The van der Waals surface area contributed by atoms with Crippen LogP contribution in [0.15, 0.2) is 24.3 Å². The van der Waals surface area contributed by atoms with E-state index in [2.05, 4.69) is 19.1 Å².